The summed E-state index contributed by atoms with van der Waals surface area (Å²) >= 11 is 0. The Morgan fingerprint density at radius 3 is 2.41 bits per heavy atom. The Labute approximate surface area is 157 Å². The van der Waals surface area contributed by atoms with E-state index in [9.17, 15) is 14.4 Å². The number of H-pyrrole nitrogens is 1. The lowest BCUT2D eigenvalue weighted by Crippen LogP contribution is -2.27. The minimum absolute atomic E-state index is 0.0511. The molecule has 3 N–H and O–H groups in total. The standard InChI is InChI=1S/C20H24N2O5/c1-4-16-18(13(3)23)12(2)22-19(16)20(26)21-10-9-14-5-7-15(8-6-14)27-11-17(24)25/h5-8,22H,4,9-11H2,1-3H3,(H,21,26)(H,24,25). The van der Waals surface area contributed by atoms with Gasteiger partial charge in [-0.15, -0.1) is 0 Å². The van der Waals surface area contributed by atoms with Crippen molar-refractivity contribution in [2.24, 2.45) is 0 Å². The summed E-state index contributed by atoms with van der Waals surface area (Å²) in [7, 11) is 0. The molecule has 1 amide bonds. The van der Waals surface area contributed by atoms with Gasteiger partial charge < -0.3 is 20.1 Å². The minimum Gasteiger partial charge on any atom is -0.482 e. The van der Waals surface area contributed by atoms with E-state index < -0.39 is 5.97 Å². The maximum absolute atomic E-state index is 12.5. The number of carboxylic acid groups (broad SMARTS) is 1. The van der Waals surface area contributed by atoms with E-state index in [-0.39, 0.29) is 18.3 Å². The molecule has 0 saturated carbocycles. The van der Waals surface area contributed by atoms with Gasteiger partial charge >= 0.3 is 5.97 Å². The summed E-state index contributed by atoms with van der Waals surface area (Å²) in [4.78, 5) is 37.8. The number of aromatic nitrogens is 1. The molecule has 0 fully saturated rings. The zero-order valence-electron chi connectivity index (χ0n) is 15.7. The highest BCUT2D eigenvalue weighted by Gasteiger charge is 2.21. The van der Waals surface area contributed by atoms with Crippen LogP contribution in [0, 0.1) is 6.92 Å². The Bertz CT molecular complexity index is 837. The van der Waals surface area contributed by atoms with Crippen molar-refractivity contribution in [1.29, 1.82) is 0 Å². The van der Waals surface area contributed by atoms with E-state index in [1.807, 2.05) is 19.1 Å². The molecule has 1 aromatic heterocycles. The second kappa shape index (κ2) is 9.02. The first kappa shape index (κ1) is 20.2. The fourth-order valence-corrected chi connectivity index (χ4v) is 3.01. The van der Waals surface area contributed by atoms with Crippen molar-refractivity contribution in [2.75, 3.05) is 13.2 Å². The van der Waals surface area contributed by atoms with Gasteiger partial charge in [-0.2, -0.15) is 0 Å². The molecule has 0 saturated heterocycles. The third-order valence-corrected chi connectivity index (χ3v) is 4.21. The highest BCUT2D eigenvalue weighted by Crippen LogP contribution is 2.20. The van der Waals surface area contributed by atoms with Gasteiger partial charge in [0.05, 0.1) is 0 Å². The fraction of sp³-hybridized carbons (Fsp3) is 0.350. The summed E-state index contributed by atoms with van der Waals surface area (Å²) < 4.78 is 5.08. The minimum atomic E-state index is -1.03. The number of benzene rings is 1. The number of aliphatic carboxylic acids is 1. The zero-order valence-corrected chi connectivity index (χ0v) is 15.7. The Morgan fingerprint density at radius 2 is 1.85 bits per heavy atom. The fourth-order valence-electron chi connectivity index (χ4n) is 3.01. The number of hydrogen-bond acceptors (Lipinski definition) is 4. The molecule has 0 radical (unpaired) electrons. The van der Waals surface area contributed by atoms with Crippen molar-refractivity contribution in [1.82, 2.24) is 10.3 Å². The topological polar surface area (TPSA) is 108 Å². The first-order valence-corrected chi connectivity index (χ1v) is 8.77. The molecule has 2 rings (SSSR count). The molecule has 27 heavy (non-hydrogen) atoms. The van der Waals surface area contributed by atoms with E-state index in [1.54, 1.807) is 19.1 Å². The van der Waals surface area contributed by atoms with Crippen LogP contribution in [0.1, 0.15) is 51.5 Å². The van der Waals surface area contributed by atoms with Gasteiger partial charge in [0.1, 0.15) is 11.4 Å². The highest BCUT2D eigenvalue weighted by molar-refractivity contribution is 6.02. The van der Waals surface area contributed by atoms with Gasteiger partial charge in [0.15, 0.2) is 12.4 Å². The SMILES string of the molecule is CCc1c(C(=O)NCCc2ccc(OCC(=O)O)cc2)[nH]c(C)c1C(C)=O. The second-order valence-electron chi connectivity index (χ2n) is 6.22. The van der Waals surface area contributed by atoms with Crippen molar-refractivity contribution >= 4 is 17.7 Å². The van der Waals surface area contributed by atoms with Gasteiger partial charge in [-0.1, -0.05) is 19.1 Å². The zero-order chi connectivity index (χ0) is 20.0. The van der Waals surface area contributed by atoms with Crippen LogP contribution in [-0.4, -0.2) is 40.9 Å². The maximum Gasteiger partial charge on any atom is 0.341 e. The second-order valence-corrected chi connectivity index (χ2v) is 6.22. The molecule has 0 bridgehead atoms. The molecule has 0 aliphatic carbocycles. The van der Waals surface area contributed by atoms with Gasteiger partial charge in [-0.05, 0) is 49.9 Å². The lowest BCUT2D eigenvalue weighted by atomic mass is 10.0. The number of carbonyl (C=O) groups is 3. The van der Waals surface area contributed by atoms with E-state index in [4.69, 9.17) is 9.84 Å². The molecule has 144 valence electrons. The predicted octanol–water partition coefficient (Wildman–Crippen LogP) is 2.52. The molecule has 0 spiro atoms. The third kappa shape index (κ3) is 5.20. The van der Waals surface area contributed by atoms with E-state index in [0.717, 1.165) is 11.1 Å². The number of ketones is 1. The average Bonchev–Trinajstić information content (AvgIpc) is 2.97. The predicted molar refractivity (Wildman–Crippen MR) is 101 cm³/mol. The Hall–Kier alpha value is -3.09. The van der Waals surface area contributed by atoms with Gasteiger partial charge in [0, 0.05) is 17.8 Å². The summed E-state index contributed by atoms with van der Waals surface area (Å²) in [5.41, 5.74) is 3.48. The summed E-state index contributed by atoms with van der Waals surface area (Å²) in [6, 6.07) is 7.05. The van der Waals surface area contributed by atoms with Crippen molar-refractivity contribution in [3.05, 3.63) is 52.3 Å². The molecule has 0 aliphatic heterocycles. The molecule has 7 nitrogen and oxygen atoms in total. The molecule has 2 aromatic rings. The van der Waals surface area contributed by atoms with Gasteiger partial charge in [0.2, 0.25) is 0 Å². The Morgan fingerprint density at radius 1 is 1.19 bits per heavy atom. The lowest BCUT2D eigenvalue weighted by Gasteiger charge is -2.07. The summed E-state index contributed by atoms with van der Waals surface area (Å²) in [5, 5.41) is 11.5. The number of Topliss-reactive ketones (excluding diaryl/α,β-unsaturated/α-hetero) is 1. The smallest absolute Gasteiger partial charge is 0.341 e. The molecule has 1 heterocycles. The number of aryl methyl sites for hydroxylation is 1. The van der Waals surface area contributed by atoms with Gasteiger partial charge in [-0.25, -0.2) is 4.79 Å². The normalized spacial score (nSPS) is 10.5. The Balaban J connectivity index is 1.94. The first-order chi connectivity index (χ1) is 12.8. The van der Waals surface area contributed by atoms with Crippen LogP contribution in [0.15, 0.2) is 24.3 Å². The quantitative estimate of drug-likeness (QED) is 0.586. The Kier molecular flexibility index (Phi) is 6.76. The molecular weight excluding hydrogens is 348 g/mol. The van der Waals surface area contributed by atoms with Crippen LogP contribution < -0.4 is 10.1 Å². The molecule has 0 unspecified atom stereocenters. The van der Waals surface area contributed by atoms with Crippen LogP contribution in [0.2, 0.25) is 0 Å². The van der Waals surface area contributed by atoms with E-state index in [2.05, 4.69) is 10.3 Å². The number of nitrogens with one attached hydrogen (secondary N) is 2. The van der Waals surface area contributed by atoms with E-state index >= 15 is 0 Å². The molecule has 1 aromatic carbocycles. The van der Waals surface area contributed by atoms with Crippen LogP contribution in [0.3, 0.4) is 0 Å². The van der Waals surface area contributed by atoms with Crippen molar-refractivity contribution in [3.8, 4) is 5.75 Å². The number of carboxylic acids is 1. The van der Waals surface area contributed by atoms with Crippen molar-refractivity contribution < 1.29 is 24.2 Å². The summed E-state index contributed by atoms with van der Waals surface area (Å²) in [6.07, 6.45) is 1.21. The molecule has 0 atom stereocenters. The largest absolute Gasteiger partial charge is 0.482 e. The number of rotatable bonds is 9. The number of hydrogen-bond donors (Lipinski definition) is 3. The van der Waals surface area contributed by atoms with Gasteiger partial charge in [-0.3, -0.25) is 9.59 Å². The first-order valence-electron chi connectivity index (χ1n) is 8.77. The van der Waals surface area contributed by atoms with E-state index in [1.165, 1.54) is 6.92 Å². The lowest BCUT2D eigenvalue weighted by molar-refractivity contribution is -0.139. The third-order valence-electron chi connectivity index (χ3n) is 4.21. The van der Waals surface area contributed by atoms with Crippen LogP contribution in [0.5, 0.6) is 5.75 Å². The number of ether oxygens (including phenoxy) is 1. The van der Waals surface area contributed by atoms with Crippen molar-refractivity contribution in [2.45, 2.75) is 33.6 Å². The van der Waals surface area contributed by atoms with Crippen LogP contribution in [0.4, 0.5) is 0 Å². The maximum atomic E-state index is 12.5. The van der Waals surface area contributed by atoms with Crippen LogP contribution in [0.25, 0.3) is 0 Å². The summed E-state index contributed by atoms with van der Waals surface area (Å²) in [5.74, 6) is -0.828. The molecular formula is C20H24N2O5. The van der Waals surface area contributed by atoms with Gasteiger partial charge in [0.25, 0.3) is 5.91 Å². The highest BCUT2D eigenvalue weighted by atomic mass is 16.5. The average molecular weight is 372 g/mol. The van der Waals surface area contributed by atoms with E-state index in [0.29, 0.717) is 42.1 Å². The number of carbonyl (C=O) groups excluding carboxylic acids is 2. The van der Waals surface area contributed by atoms with Crippen LogP contribution >= 0.6 is 0 Å². The number of aromatic amines is 1. The van der Waals surface area contributed by atoms with Crippen LogP contribution in [-0.2, 0) is 17.6 Å². The molecule has 7 heteroatoms. The van der Waals surface area contributed by atoms with Crippen molar-refractivity contribution in [3.63, 3.8) is 0 Å². The summed E-state index contributed by atoms with van der Waals surface area (Å²) in [6.45, 7) is 5.26. The molecule has 0 aliphatic rings. The number of amides is 1. The monoisotopic (exact) mass is 372 g/mol.